The summed E-state index contributed by atoms with van der Waals surface area (Å²) in [6.07, 6.45) is 1.11. The molecule has 0 fully saturated rings. The zero-order chi connectivity index (χ0) is 14.8. The number of carbonyl (C=O) groups is 1. The molecule has 5 nitrogen and oxygen atoms in total. The van der Waals surface area contributed by atoms with Crippen molar-refractivity contribution >= 4 is 5.91 Å². The number of nitrogens with one attached hydrogen (secondary N) is 1. The molecule has 0 aliphatic carbocycles. The van der Waals surface area contributed by atoms with E-state index in [2.05, 4.69) is 5.32 Å². The van der Waals surface area contributed by atoms with Crippen LogP contribution in [0.2, 0.25) is 0 Å². The van der Waals surface area contributed by atoms with Gasteiger partial charge in [0.25, 0.3) is 5.91 Å². The van der Waals surface area contributed by atoms with Crippen LogP contribution >= 0.6 is 0 Å². The zero-order valence-corrected chi connectivity index (χ0v) is 12.1. The molecule has 1 amide bonds. The number of benzene rings is 1. The Balaban J connectivity index is 2.20. The average Bonchev–Trinajstić information content (AvgIpc) is 2.43. The first-order chi connectivity index (χ1) is 9.61. The van der Waals surface area contributed by atoms with Gasteiger partial charge in [-0.1, -0.05) is 0 Å². The third-order valence-electron chi connectivity index (χ3n) is 2.63. The van der Waals surface area contributed by atoms with Crippen molar-refractivity contribution in [1.29, 1.82) is 0 Å². The Labute approximate surface area is 119 Å². The van der Waals surface area contributed by atoms with E-state index in [9.17, 15) is 4.79 Å². The van der Waals surface area contributed by atoms with E-state index in [1.807, 2.05) is 6.92 Å². The third kappa shape index (κ3) is 6.99. The standard InChI is InChI=1S/C15H23NO4/c1-3-19-13-6-8-14(9-7-13)20-11-15(18)16-10-4-5-12(2)17/h6-9,12,17H,3-5,10-11H2,1-2H3,(H,16,18). The van der Waals surface area contributed by atoms with Gasteiger partial charge >= 0.3 is 0 Å². The van der Waals surface area contributed by atoms with Crippen LogP contribution in [0.3, 0.4) is 0 Å². The van der Waals surface area contributed by atoms with Gasteiger partial charge in [-0.25, -0.2) is 0 Å². The topological polar surface area (TPSA) is 67.8 Å². The van der Waals surface area contributed by atoms with E-state index in [1.54, 1.807) is 31.2 Å². The number of hydrogen-bond donors (Lipinski definition) is 2. The number of ether oxygens (including phenoxy) is 2. The first kappa shape index (κ1) is 16.3. The molecule has 20 heavy (non-hydrogen) atoms. The van der Waals surface area contributed by atoms with Gasteiger partial charge in [-0.2, -0.15) is 0 Å². The van der Waals surface area contributed by atoms with E-state index in [0.29, 0.717) is 25.3 Å². The van der Waals surface area contributed by atoms with Crippen LogP contribution in [0.4, 0.5) is 0 Å². The van der Waals surface area contributed by atoms with Crippen LogP contribution in [-0.2, 0) is 4.79 Å². The number of hydrogen-bond acceptors (Lipinski definition) is 4. The molecule has 0 heterocycles. The fourth-order valence-electron chi connectivity index (χ4n) is 1.62. The molecule has 1 unspecified atom stereocenters. The normalized spacial score (nSPS) is 11.8. The van der Waals surface area contributed by atoms with Gasteiger partial charge < -0.3 is 19.9 Å². The number of aliphatic hydroxyl groups excluding tert-OH is 1. The predicted octanol–water partition coefficient (Wildman–Crippen LogP) is 1.74. The van der Waals surface area contributed by atoms with Gasteiger partial charge in [0.2, 0.25) is 0 Å². The quantitative estimate of drug-likeness (QED) is 0.677. The lowest BCUT2D eigenvalue weighted by molar-refractivity contribution is -0.123. The van der Waals surface area contributed by atoms with Crippen molar-refractivity contribution in [2.75, 3.05) is 19.8 Å². The van der Waals surface area contributed by atoms with Crippen LogP contribution in [0.15, 0.2) is 24.3 Å². The minimum absolute atomic E-state index is 0.0112. The molecular weight excluding hydrogens is 258 g/mol. The molecule has 112 valence electrons. The zero-order valence-electron chi connectivity index (χ0n) is 12.1. The highest BCUT2D eigenvalue weighted by Gasteiger charge is 2.03. The van der Waals surface area contributed by atoms with Gasteiger partial charge in [-0.3, -0.25) is 4.79 Å². The molecule has 1 aromatic rings. The van der Waals surface area contributed by atoms with Crippen molar-refractivity contribution in [3.8, 4) is 11.5 Å². The first-order valence-electron chi connectivity index (χ1n) is 6.92. The van der Waals surface area contributed by atoms with Crippen LogP contribution in [-0.4, -0.2) is 36.9 Å². The Morgan fingerprint density at radius 1 is 1.25 bits per heavy atom. The maximum atomic E-state index is 11.5. The minimum atomic E-state index is -0.327. The second kappa shape index (κ2) is 9.20. The summed E-state index contributed by atoms with van der Waals surface area (Å²) in [6.45, 7) is 4.82. The highest BCUT2D eigenvalue weighted by molar-refractivity contribution is 5.77. The monoisotopic (exact) mass is 281 g/mol. The second-order valence-electron chi connectivity index (χ2n) is 4.53. The summed E-state index contributed by atoms with van der Waals surface area (Å²) < 4.78 is 10.7. The van der Waals surface area contributed by atoms with Gasteiger partial charge in [-0.15, -0.1) is 0 Å². The molecule has 1 atom stereocenters. The van der Waals surface area contributed by atoms with E-state index in [1.165, 1.54) is 0 Å². The van der Waals surface area contributed by atoms with Gasteiger partial charge in [-0.05, 0) is 51.0 Å². The maximum absolute atomic E-state index is 11.5. The molecule has 0 aromatic heterocycles. The van der Waals surface area contributed by atoms with Crippen LogP contribution in [0.5, 0.6) is 11.5 Å². The highest BCUT2D eigenvalue weighted by atomic mass is 16.5. The Morgan fingerprint density at radius 3 is 2.40 bits per heavy atom. The van der Waals surface area contributed by atoms with Crippen molar-refractivity contribution in [2.45, 2.75) is 32.8 Å². The molecule has 0 spiro atoms. The fraction of sp³-hybridized carbons (Fsp3) is 0.533. The van der Waals surface area contributed by atoms with Crippen molar-refractivity contribution in [3.63, 3.8) is 0 Å². The van der Waals surface area contributed by atoms with Crippen LogP contribution in [0.1, 0.15) is 26.7 Å². The number of amides is 1. The maximum Gasteiger partial charge on any atom is 0.257 e. The van der Waals surface area contributed by atoms with Gasteiger partial charge in [0.05, 0.1) is 12.7 Å². The van der Waals surface area contributed by atoms with Crippen LogP contribution < -0.4 is 14.8 Å². The molecule has 2 N–H and O–H groups in total. The summed E-state index contributed by atoms with van der Waals surface area (Å²) in [5.74, 6) is 1.25. The SMILES string of the molecule is CCOc1ccc(OCC(=O)NCCCC(C)O)cc1. The van der Waals surface area contributed by atoms with Crippen molar-refractivity contribution in [2.24, 2.45) is 0 Å². The van der Waals surface area contributed by atoms with E-state index in [-0.39, 0.29) is 18.6 Å². The molecule has 0 bridgehead atoms. The molecule has 0 saturated heterocycles. The first-order valence-corrected chi connectivity index (χ1v) is 6.92. The largest absolute Gasteiger partial charge is 0.494 e. The molecule has 0 radical (unpaired) electrons. The fourth-order valence-corrected chi connectivity index (χ4v) is 1.62. The van der Waals surface area contributed by atoms with Crippen molar-refractivity contribution in [3.05, 3.63) is 24.3 Å². The number of rotatable bonds is 9. The lowest BCUT2D eigenvalue weighted by Gasteiger charge is -2.09. The predicted molar refractivity (Wildman–Crippen MR) is 77.0 cm³/mol. The Kier molecular flexibility index (Phi) is 7.50. The highest BCUT2D eigenvalue weighted by Crippen LogP contribution is 2.17. The Hall–Kier alpha value is -1.75. The Morgan fingerprint density at radius 2 is 1.85 bits per heavy atom. The van der Waals surface area contributed by atoms with Crippen molar-refractivity contribution < 1.29 is 19.4 Å². The van der Waals surface area contributed by atoms with Gasteiger partial charge in [0, 0.05) is 6.54 Å². The summed E-state index contributed by atoms with van der Waals surface area (Å²) in [6, 6.07) is 7.15. The molecular formula is C15H23NO4. The summed E-state index contributed by atoms with van der Waals surface area (Å²) in [5.41, 5.74) is 0. The number of carbonyl (C=O) groups excluding carboxylic acids is 1. The Bertz CT molecular complexity index is 389. The van der Waals surface area contributed by atoms with Gasteiger partial charge in [0.15, 0.2) is 6.61 Å². The smallest absolute Gasteiger partial charge is 0.257 e. The van der Waals surface area contributed by atoms with Crippen LogP contribution in [0.25, 0.3) is 0 Å². The molecule has 0 aliphatic rings. The lowest BCUT2D eigenvalue weighted by atomic mass is 10.2. The lowest BCUT2D eigenvalue weighted by Crippen LogP contribution is -2.30. The van der Waals surface area contributed by atoms with Crippen molar-refractivity contribution in [1.82, 2.24) is 5.32 Å². The molecule has 0 saturated carbocycles. The van der Waals surface area contributed by atoms with E-state index >= 15 is 0 Å². The number of aliphatic hydroxyl groups is 1. The minimum Gasteiger partial charge on any atom is -0.494 e. The molecule has 1 rings (SSSR count). The average molecular weight is 281 g/mol. The molecule has 0 aliphatic heterocycles. The summed E-state index contributed by atoms with van der Waals surface area (Å²) in [5, 5.41) is 11.8. The van der Waals surface area contributed by atoms with E-state index in [0.717, 1.165) is 12.2 Å². The van der Waals surface area contributed by atoms with Crippen LogP contribution in [0, 0.1) is 0 Å². The summed E-state index contributed by atoms with van der Waals surface area (Å²) in [7, 11) is 0. The van der Waals surface area contributed by atoms with Gasteiger partial charge in [0.1, 0.15) is 11.5 Å². The summed E-state index contributed by atoms with van der Waals surface area (Å²) >= 11 is 0. The molecule has 1 aromatic carbocycles. The van der Waals surface area contributed by atoms with E-state index < -0.39 is 0 Å². The second-order valence-corrected chi connectivity index (χ2v) is 4.53. The summed E-state index contributed by atoms with van der Waals surface area (Å²) in [4.78, 5) is 11.5. The third-order valence-corrected chi connectivity index (χ3v) is 2.63. The van der Waals surface area contributed by atoms with E-state index in [4.69, 9.17) is 14.6 Å². The molecule has 5 heteroatoms.